The van der Waals surface area contributed by atoms with Gasteiger partial charge in [0.15, 0.2) is 0 Å². The van der Waals surface area contributed by atoms with E-state index in [1.54, 1.807) is 0 Å². The highest BCUT2D eigenvalue weighted by atomic mass is 16.4. The van der Waals surface area contributed by atoms with Crippen LogP contribution < -0.4 is 11.1 Å². The molecule has 0 radical (unpaired) electrons. The number of carboxylic acids is 1. The van der Waals surface area contributed by atoms with Gasteiger partial charge in [-0.3, -0.25) is 9.59 Å². The molecule has 1 saturated carbocycles. The molecule has 0 bridgehead atoms. The SMILES string of the molecule is CC(C)C[C@H](CNC(=O)C1(CN)CC1)CC(=O)O. The van der Waals surface area contributed by atoms with Gasteiger partial charge in [0.1, 0.15) is 0 Å². The van der Waals surface area contributed by atoms with Gasteiger partial charge in [-0.05, 0) is 31.1 Å². The highest BCUT2D eigenvalue weighted by Gasteiger charge is 2.48. The van der Waals surface area contributed by atoms with E-state index in [-0.39, 0.29) is 23.7 Å². The molecule has 1 rings (SSSR count). The average Bonchev–Trinajstić information content (AvgIpc) is 3.04. The number of hydrogen-bond acceptors (Lipinski definition) is 3. The lowest BCUT2D eigenvalue weighted by molar-refractivity contribution is -0.138. The summed E-state index contributed by atoms with van der Waals surface area (Å²) in [6, 6.07) is 0. The molecule has 1 atom stereocenters. The molecule has 104 valence electrons. The molecule has 0 unspecified atom stereocenters. The molecule has 18 heavy (non-hydrogen) atoms. The number of aliphatic carboxylic acids is 1. The first kappa shape index (κ1) is 15.0. The maximum Gasteiger partial charge on any atom is 0.303 e. The Hall–Kier alpha value is -1.10. The third-order valence-corrected chi connectivity index (χ3v) is 3.55. The number of carbonyl (C=O) groups is 2. The highest BCUT2D eigenvalue weighted by Crippen LogP contribution is 2.44. The molecule has 5 heteroatoms. The smallest absolute Gasteiger partial charge is 0.303 e. The molecule has 0 spiro atoms. The lowest BCUT2D eigenvalue weighted by Gasteiger charge is -2.20. The summed E-state index contributed by atoms with van der Waals surface area (Å²) < 4.78 is 0. The van der Waals surface area contributed by atoms with Crippen LogP contribution in [0.4, 0.5) is 0 Å². The van der Waals surface area contributed by atoms with Gasteiger partial charge >= 0.3 is 5.97 Å². The molecule has 0 aromatic heterocycles. The van der Waals surface area contributed by atoms with Crippen molar-refractivity contribution in [1.29, 1.82) is 0 Å². The Bertz CT molecular complexity index is 311. The molecule has 1 amide bonds. The standard InChI is InChI=1S/C13H24N2O3/c1-9(2)5-10(6-11(16)17)7-15-12(18)13(8-14)3-4-13/h9-10H,3-8,14H2,1-2H3,(H,15,18)(H,16,17)/t10-/m0/s1. The Morgan fingerprint density at radius 1 is 1.39 bits per heavy atom. The average molecular weight is 256 g/mol. The van der Waals surface area contributed by atoms with Gasteiger partial charge in [-0.25, -0.2) is 0 Å². The predicted octanol–water partition coefficient (Wildman–Crippen LogP) is 0.979. The van der Waals surface area contributed by atoms with Gasteiger partial charge in [0.25, 0.3) is 0 Å². The number of nitrogens with one attached hydrogen (secondary N) is 1. The largest absolute Gasteiger partial charge is 0.481 e. The topological polar surface area (TPSA) is 92.4 Å². The van der Waals surface area contributed by atoms with Gasteiger partial charge in [-0.1, -0.05) is 13.8 Å². The molecule has 4 N–H and O–H groups in total. The van der Waals surface area contributed by atoms with Crippen molar-refractivity contribution in [3.8, 4) is 0 Å². The summed E-state index contributed by atoms with van der Waals surface area (Å²) in [5.74, 6) is -0.394. The van der Waals surface area contributed by atoms with Crippen LogP contribution >= 0.6 is 0 Å². The summed E-state index contributed by atoms with van der Waals surface area (Å²) in [5.41, 5.74) is 5.23. The normalized spacial score (nSPS) is 18.4. The van der Waals surface area contributed by atoms with Crippen LogP contribution in [0.2, 0.25) is 0 Å². The zero-order chi connectivity index (χ0) is 13.8. The van der Waals surface area contributed by atoms with Crippen LogP contribution in [0.15, 0.2) is 0 Å². The van der Waals surface area contributed by atoms with Gasteiger partial charge in [-0.15, -0.1) is 0 Å². The van der Waals surface area contributed by atoms with Crippen LogP contribution in [0.5, 0.6) is 0 Å². The van der Waals surface area contributed by atoms with E-state index in [1.165, 1.54) is 0 Å². The summed E-state index contributed by atoms with van der Waals surface area (Å²) >= 11 is 0. The van der Waals surface area contributed by atoms with Crippen LogP contribution in [-0.2, 0) is 9.59 Å². The first-order valence-corrected chi connectivity index (χ1v) is 6.60. The van der Waals surface area contributed by atoms with E-state index < -0.39 is 5.97 Å². The van der Waals surface area contributed by atoms with E-state index >= 15 is 0 Å². The zero-order valence-electron chi connectivity index (χ0n) is 11.2. The molecule has 1 aliphatic rings. The van der Waals surface area contributed by atoms with E-state index in [2.05, 4.69) is 19.2 Å². The van der Waals surface area contributed by atoms with Crippen molar-refractivity contribution < 1.29 is 14.7 Å². The number of nitrogens with two attached hydrogens (primary N) is 1. The number of carbonyl (C=O) groups excluding carboxylic acids is 1. The molecule has 0 saturated heterocycles. The Balaban J connectivity index is 2.41. The lowest BCUT2D eigenvalue weighted by Crippen LogP contribution is -2.39. The van der Waals surface area contributed by atoms with E-state index in [0.717, 1.165) is 19.3 Å². The van der Waals surface area contributed by atoms with Gasteiger partial charge in [0.05, 0.1) is 5.41 Å². The maximum atomic E-state index is 11.9. The number of carboxylic acid groups (broad SMARTS) is 1. The molecule has 0 heterocycles. The molecule has 0 aromatic rings. The summed E-state index contributed by atoms with van der Waals surface area (Å²) in [5, 5.41) is 11.7. The summed E-state index contributed by atoms with van der Waals surface area (Å²) in [7, 11) is 0. The first-order valence-electron chi connectivity index (χ1n) is 6.60. The minimum absolute atomic E-state index is 0.0000227. The van der Waals surface area contributed by atoms with Crippen molar-refractivity contribution >= 4 is 11.9 Å². The summed E-state index contributed by atoms with van der Waals surface area (Å²) in [6.45, 7) is 4.93. The second-order valence-electron chi connectivity index (χ2n) is 5.79. The fourth-order valence-corrected chi connectivity index (χ4v) is 2.25. The van der Waals surface area contributed by atoms with Gasteiger partial charge < -0.3 is 16.2 Å². The molecule has 1 aliphatic carbocycles. The number of hydrogen-bond donors (Lipinski definition) is 3. The molecule has 0 aliphatic heterocycles. The van der Waals surface area contributed by atoms with Crippen LogP contribution in [0.25, 0.3) is 0 Å². The van der Waals surface area contributed by atoms with E-state index in [4.69, 9.17) is 10.8 Å². The Morgan fingerprint density at radius 2 is 2.00 bits per heavy atom. The second kappa shape index (κ2) is 6.18. The third kappa shape index (κ3) is 4.29. The van der Waals surface area contributed by atoms with Crippen LogP contribution in [0.3, 0.4) is 0 Å². The number of amides is 1. The number of rotatable bonds is 8. The monoisotopic (exact) mass is 256 g/mol. The summed E-state index contributed by atoms with van der Waals surface area (Å²) in [4.78, 5) is 22.7. The van der Waals surface area contributed by atoms with Crippen molar-refractivity contribution in [3.63, 3.8) is 0 Å². The van der Waals surface area contributed by atoms with Crippen molar-refractivity contribution in [2.75, 3.05) is 13.1 Å². The van der Waals surface area contributed by atoms with Crippen LogP contribution in [-0.4, -0.2) is 30.1 Å². The molecular formula is C13H24N2O3. The Labute approximate surface area is 108 Å². The van der Waals surface area contributed by atoms with Crippen molar-refractivity contribution in [2.24, 2.45) is 23.0 Å². The Morgan fingerprint density at radius 3 is 2.39 bits per heavy atom. The Kier molecular flexibility index (Phi) is 5.14. The quantitative estimate of drug-likeness (QED) is 0.603. The lowest BCUT2D eigenvalue weighted by atomic mass is 9.93. The van der Waals surface area contributed by atoms with Gasteiger partial charge in [-0.2, -0.15) is 0 Å². The summed E-state index contributed by atoms with van der Waals surface area (Å²) in [6.07, 6.45) is 2.61. The van der Waals surface area contributed by atoms with E-state index in [9.17, 15) is 9.59 Å². The fourth-order valence-electron chi connectivity index (χ4n) is 2.25. The van der Waals surface area contributed by atoms with E-state index in [1.807, 2.05) is 0 Å². The minimum atomic E-state index is -0.810. The molecule has 1 fully saturated rings. The highest BCUT2D eigenvalue weighted by molar-refractivity contribution is 5.85. The van der Waals surface area contributed by atoms with E-state index in [0.29, 0.717) is 19.0 Å². The fraction of sp³-hybridized carbons (Fsp3) is 0.846. The molecule has 0 aromatic carbocycles. The molecule has 5 nitrogen and oxygen atoms in total. The second-order valence-corrected chi connectivity index (χ2v) is 5.79. The van der Waals surface area contributed by atoms with Gasteiger partial charge in [0.2, 0.25) is 5.91 Å². The zero-order valence-corrected chi connectivity index (χ0v) is 11.2. The first-order chi connectivity index (χ1) is 8.39. The maximum absolute atomic E-state index is 11.9. The van der Waals surface area contributed by atoms with Crippen molar-refractivity contribution in [3.05, 3.63) is 0 Å². The molecular weight excluding hydrogens is 232 g/mol. The van der Waals surface area contributed by atoms with Crippen LogP contribution in [0.1, 0.15) is 39.5 Å². The van der Waals surface area contributed by atoms with Gasteiger partial charge in [0, 0.05) is 19.5 Å². The van der Waals surface area contributed by atoms with Crippen LogP contribution in [0, 0.1) is 17.3 Å². The third-order valence-electron chi connectivity index (χ3n) is 3.55. The van der Waals surface area contributed by atoms with Crippen molar-refractivity contribution in [2.45, 2.75) is 39.5 Å². The predicted molar refractivity (Wildman–Crippen MR) is 68.9 cm³/mol. The van der Waals surface area contributed by atoms with Crippen molar-refractivity contribution in [1.82, 2.24) is 5.32 Å². The minimum Gasteiger partial charge on any atom is -0.481 e.